The van der Waals surface area contributed by atoms with E-state index in [-0.39, 0.29) is 23.7 Å². The van der Waals surface area contributed by atoms with Crippen LogP contribution in [0.1, 0.15) is 24.8 Å². The maximum Gasteiger partial charge on any atom is 0.226 e. The average molecular weight is 263 g/mol. The fourth-order valence-electron chi connectivity index (χ4n) is 2.61. The summed E-state index contributed by atoms with van der Waals surface area (Å²) in [5.41, 5.74) is 0.890. The number of nitrogens with zero attached hydrogens (tertiary/aromatic N) is 1. The summed E-state index contributed by atoms with van der Waals surface area (Å²) >= 11 is 0. The summed E-state index contributed by atoms with van der Waals surface area (Å²) < 4.78 is 0. The molecule has 0 bridgehead atoms. The second-order valence-corrected chi connectivity index (χ2v) is 5.38. The predicted octanol–water partition coefficient (Wildman–Crippen LogP) is 1.55. The van der Waals surface area contributed by atoms with E-state index in [1.165, 1.54) is 0 Å². The highest BCUT2D eigenvalue weighted by Gasteiger charge is 2.27. The van der Waals surface area contributed by atoms with E-state index in [0.717, 1.165) is 24.8 Å². The predicted molar refractivity (Wildman–Crippen MR) is 72.8 cm³/mol. The van der Waals surface area contributed by atoms with Crippen LogP contribution in [-0.4, -0.2) is 40.7 Å². The van der Waals surface area contributed by atoms with Gasteiger partial charge in [0.25, 0.3) is 0 Å². The van der Waals surface area contributed by atoms with Gasteiger partial charge in [-0.15, -0.1) is 0 Å². The van der Waals surface area contributed by atoms with Crippen LogP contribution < -0.4 is 0 Å². The molecule has 2 rings (SSSR count). The Balaban J connectivity index is 1.86. The third-order valence-electron chi connectivity index (χ3n) is 3.84. The molecule has 2 N–H and O–H groups in total. The van der Waals surface area contributed by atoms with Crippen LogP contribution in [0.5, 0.6) is 5.75 Å². The molecule has 1 aliphatic carbocycles. The number of amides is 1. The molecule has 1 aliphatic rings. The number of rotatable bonds is 4. The average Bonchev–Trinajstić information content (AvgIpc) is 2.78. The highest BCUT2D eigenvalue weighted by Crippen LogP contribution is 2.26. The lowest BCUT2D eigenvalue weighted by atomic mass is 10.1. The molecular formula is C15H21NO3. The van der Waals surface area contributed by atoms with Crippen molar-refractivity contribution < 1.29 is 15.0 Å². The van der Waals surface area contributed by atoms with E-state index < -0.39 is 0 Å². The number of hydrogen-bond donors (Lipinski definition) is 2. The van der Waals surface area contributed by atoms with Gasteiger partial charge in [0.1, 0.15) is 5.75 Å². The van der Waals surface area contributed by atoms with Gasteiger partial charge in [-0.2, -0.15) is 0 Å². The Hall–Kier alpha value is -1.55. The van der Waals surface area contributed by atoms with Gasteiger partial charge >= 0.3 is 0 Å². The van der Waals surface area contributed by atoms with Crippen LogP contribution in [0, 0.1) is 5.92 Å². The van der Waals surface area contributed by atoms with Crippen molar-refractivity contribution in [2.75, 3.05) is 13.6 Å². The number of phenolic OH excluding ortho intramolecular Hbond substituents is 1. The van der Waals surface area contributed by atoms with Crippen LogP contribution in [-0.2, 0) is 11.2 Å². The summed E-state index contributed by atoms with van der Waals surface area (Å²) in [5.74, 6) is 0.470. The van der Waals surface area contributed by atoms with Gasteiger partial charge < -0.3 is 15.1 Å². The van der Waals surface area contributed by atoms with Crippen LogP contribution >= 0.6 is 0 Å². The smallest absolute Gasteiger partial charge is 0.226 e. The van der Waals surface area contributed by atoms with Crippen molar-refractivity contribution in [2.24, 2.45) is 5.92 Å². The lowest BCUT2D eigenvalue weighted by Gasteiger charge is -2.23. The standard InChI is InChI=1S/C15H21NO3/c1-16(10-12-3-2-4-14(12)18)15(19)9-11-5-7-13(17)8-6-11/h5-8,12,14,17-18H,2-4,9-10H2,1H3. The number of hydrogen-bond acceptors (Lipinski definition) is 3. The molecule has 0 aromatic heterocycles. The van der Waals surface area contributed by atoms with Crippen molar-refractivity contribution in [3.8, 4) is 5.75 Å². The normalized spacial score (nSPS) is 22.4. The van der Waals surface area contributed by atoms with Crippen LogP contribution in [0.4, 0.5) is 0 Å². The molecule has 0 saturated heterocycles. The molecule has 0 aliphatic heterocycles. The summed E-state index contributed by atoms with van der Waals surface area (Å²) in [4.78, 5) is 13.8. The SMILES string of the molecule is CN(CC1CCCC1O)C(=O)Cc1ccc(O)cc1. The molecule has 4 heteroatoms. The fourth-order valence-corrected chi connectivity index (χ4v) is 2.61. The van der Waals surface area contributed by atoms with Gasteiger partial charge in [0.05, 0.1) is 12.5 Å². The van der Waals surface area contributed by atoms with E-state index >= 15 is 0 Å². The highest BCUT2D eigenvalue weighted by molar-refractivity contribution is 5.78. The minimum Gasteiger partial charge on any atom is -0.508 e. The molecule has 1 fully saturated rings. The summed E-state index contributed by atoms with van der Waals surface area (Å²) in [6.45, 7) is 0.623. The van der Waals surface area contributed by atoms with Gasteiger partial charge in [-0.25, -0.2) is 0 Å². The molecule has 104 valence electrons. The molecule has 0 heterocycles. The highest BCUT2D eigenvalue weighted by atomic mass is 16.3. The lowest BCUT2D eigenvalue weighted by molar-refractivity contribution is -0.130. The number of carbonyl (C=O) groups excluding carboxylic acids is 1. The first kappa shape index (κ1) is 13.9. The molecule has 4 nitrogen and oxygen atoms in total. The number of benzene rings is 1. The summed E-state index contributed by atoms with van der Waals surface area (Å²) in [6.07, 6.45) is 2.97. The van der Waals surface area contributed by atoms with Crippen LogP contribution in [0.2, 0.25) is 0 Å². The number of aromatic hydroxyl groups is 1. The van der Waals surface area contributed by atoms with Gasteiger partial charge in [0.2, 0.25) is 5.91 Å². The molecule has 2 atom stereocenters. The Labute approximate surface area is 113 Å². The largest absolute Gasteiger partial charge is 0.508 e. The van der Waals surface area contributed by atoms with E-state index in [0.29, 0.717) is 13.0 Å². The monoisotopic (exact) mass is 263 g/mol. The maximum atomic E-state index is 12.1. The first-order valence-electron chi connectivity index (χ1n) is 6.76. The molecule has 1 amide bonds. The topological polar surface area (TPSA) is 60.8 Å². The number of aliphatic hydroxyl groups is 1. The molecule has 0 radical (unpaired) electrons. The fraction of sp³-hybridized carbons (Fsp3) is 0.533. The Morgan fingerprint density at radius 1 is 1.32 bits per heavy atom. The van der Waals surface area contributed by atoms with Gasteiger partial charge in [0, 0.05) is 19.5 Å². The van der Waals surface area contributed by atoms with Crippen LogP contribution in [0.25, 0.3) is 0 Å². The van der Waals surface area contributed by atoms with Crippen molar-refractivity contribution in [2.45, 2.75) is 31.8 Å². The zero-order valence-electron chi connectivity index (χ0n) is 11.2. The van der Waals surface area contributed by atoms with Crippen molar-refractivity contribution in [1.82, 2.24) is 4.90 Å². The summed E-state index contributed by atoms with van der Waals surface area (Å²) in [5, 5.41) is 19.0. The molecule has 19 heavy (non-hydrogen) atoms. The molecule has 2 unspecified atom stereocenters. The van der Waals surface area contributed by atoms with E-state index in [2.05, 4.69) is 0 Å². The minimum absolute atomic E-state index is 0.0461. The van der Waals surface area contributed by atoms with Gasteiger partial charge in [0.15, 0.2) is 0 Å². The van der Waals surface area contributed by atoms with Crippen LogP contribution in [0.15, 0.2) is 24.3 Å². The van der Waals surface area contributed by atoms with E-state index in [4.69, 9.17) is 0 Å². The number of aliphatic hydroxyl groups excluding tert-OH is 1. The maximum absolute atomic E-state index is 12.1. The molecule has 1 saturated carbocycles. The van der Waals surface area contributed by atoms with Gasteiger partial charge in [-0.3, -0.25) is 4.79 Å². The quantitative estimate of drug-likeness (QED) is 0.866. The van der Waals surface area contributed by atoms with Crippen molar-refractivity contribution >= 4 is 5.91 Å². The Bertz CT molecular complexity index is 430. The van der Waals surface area contributed by atoms with Gasteiger partial charge in [-0.1, -0.05) is 18.6 Å². The molecular weight excluding hydrogens is 242 g/mol. The Morgan fingerprint density at radius 3 is 2.58 bits per heavy atom. The van der Waals surface area contributed by atoms with Crippen LogP contribution in [0.3, 0.4) is 0 Å². The first-order valence-corrected chi connectivity index (χ1v) is 6.76. The third-order valence-corrected chi connectivity index (χ3v) is 3.84. The first-order chi connectivity index (χ1) is 9.06. The van der Waals surface area contributed by atoms with Crippen molar-refractivity contribution in [1.29, 1.82) is 0 Å². The Kier molecular flexibility index (Phi) is 4.43. The minimum atomic E-state index is -0.260. The molecule has 1 aromatic rings. The van der Waals surface area contributed by atoms with Crippen molar-refractivity contribution in [3.05, 3.63) is 29.8 Å². The summed E-state index contributed by atoms with van der Waals surface area (Å²) in [6, 6.07) is 6.68. The molecule has 1 aromatic carbocycles. The van der Waals surface area contributed by atoms with E-state index in [9.17, 15) is 15.0 Å². The number of carbonyl (C=O) groups is 1. The van der Waals surface area contributed by atoms with E-state index in [1.807, 2.05) is 0 Å². The van der Waals surface area contributed by atoms with Crippen molar-refractivity contribution in [3.63, 3.8) is 0 Å². The summed E-state index contributed by atoms with van der Waals surface area (Å²) in [7, 11) is 1.79. The number of phenols is 1. The Morgan fingerprint density at radius 2 is 2.00 bits per heavy atom. The second-order valence-electron chi connectivity index (χ2n) is 5.38. The zero-order chi connectivity index (χ0) is 13.8. The second kappa shape index (κ2) is 6.06. The van der Waals surface area contributed by atoms with E-state index in [1.54, 1.807) is 36.2 Å². The number of likely N-dealkylation sites (N-methyl/N-ethyl adjacent to an activating group) is 1. The third kappa shape index (κ3) is 3.70. The van der Waals surface area contributed by atoms with Gasteiger partial charge in [-0.05, 0) is 30.5 Å². The lowest BCUT2D eigenvalue weighted by Crippen LogP contribution is -2.35. The molecule has 0 spiro atoms. The zero-order valence-corrected chi connectivity index (χ0v) is 11.2.